The fourth-order valence-electron chi connectivity index (χ4n) is 4.41. The number of hydrogen-bond acceptors (Lipinski definition) is 3. The lowest BCUT2D eigenvalue weighted by Crippen LogP contribution is -2.46. The Labute approximate surface area is 196 Å². The van der Waals surface area contributed by atoms with Gasteiger partial charge in [-0.05, 0) is 49.3 Å². The van der Waals surface area contributed by atoms with Crippen LogP contribution in [0.5, 0.6) is 0 Å². The van der Waals surface area contributed by atoms with Crippen molar-refractivity contribution in [1.82, 2.24) is 10.2 Å². The van der Waals surface area contributed by atoms with E-state index in [1.54, 1.807) is 7.05 Å². The van der Waals surface area contributed by atoms with E-state index < -0.39 is 0 Å². The van der Waals surface area contributed by atoms with E-state index in [0.29, 0.717) is 13.0 Å². The SMILES string of the molecule is CN=C(NCc1cccc(NC(=O)C2CCCC2)c1)N1CCCC(CC(N)=O)C1.I. The molecule has 8 heteroatoms. The predicted molar refractivity (Wildman–Crippen MR) is 131 cm³/mol. The number of likely N-dealkylation sites (tertiary alicyclic amines) is 1. The Morgan fingerprint density at radius 3 is 2.67 bits per heavy atom. The molecule has 3 rings (SSSR count). The smallest absolute Gasteiger partial charge is 0.227 e. The van der Waals surface area contributed by atoms with E-state index in [2.05, 4.69) is 20.5 Å². The van der Waals surface area contributed by atoms with E-state index in [1.807, 2.05) is 24.3 Å². The number of hydrogen-bond donors (Lipinski definition) is 3. The second-order valence-electron chi connectivity index (χ2n) is 8.20. The predicted octanol–water partition coefficient (Wildman–Crippen LogP) is 3.10. The lowest BCUT2D eigenvalue weighted by atomic mass is 9.95. The number of halogens is 1. The molecule has 1 aromatic rings. The molecule has 1 aromatic carbocycles. The van der Waals surface area contributed by atoms with Gasteiger partial charge in [0.15, 0.2) is 5.96 Å². The van der Waals surface area contributed by atoms with Crippen molar-refractivity contribution in [2.45, 2.75) is 51.5 Å². The highest BCUT2D eigenvalue weighted by Gasteiger charge is 2.24. The zero-order chi connectivity index (χ0) is 20.6. The third kappa shape index (κ3) is 7.14. The summed E-state index contributed by atoms with van der Waals surface area (Å²) in [5.74, 6) is 1.17. The molecule has 1 atom stereocenters. The average molecular weight is 527 g/mol. The molecule has 2 aliphatic rings. The van der Waals surface area contributed by atoms with Gasteiger partial charge in [-0.3, -0.25) is 14.6 Å². The first-order chi connectivity index (χ1) is 14.0. The second-order valence-corrected chi connectivity index (χ2v) is 8.20. The molecule has 0 spiro atoms. The highest BCUT2D eigenvalue weighted by molar-refractivity contribution is 14.0. The van der Waals surface area contributed by atoms with Crippen LogP contribution in [-0.4, -0.2) is 42.8 Å². The molecule has 1 heterocycles. The molecule has 1 aliphatic carbocycles. The van der Waals surface area contributed by atoms with Gasteiger partial charge in [0.1, 0.15) is 0 Å². The van der Waals surface area contributed by atoms with Gasteiger partial charge >= 0.3 is 0 Å². The lowest BCUT2D eigenvalue weighted by Gasteiger charge is -2.34. The molecule has 4 N–H and O–H groups in total. The maximum Gasteiger partial charge on any atom is 0.227 e. The Hall–Kier alpha value is -1.84. The minimum atomic E-state index is -0.240. The van der Waals surface area contributed by atoms with Crippen molar-refractivity contribution in [3.63, 3.8) is 0 Å². The summed E-state index contributed by atoms with van der Waals surface area (Å²) in [4.78, 5) is 30.2. The number of nitrogens with two attached hydrogens (primary N) is 1. The molecule has 1 unspecified atom stereocenters. The molecule has 2 fully saturated rings. The summed E-state index contributed by atoms with van der Waals surface area (Å²) < 4.78 is 0. The Balaban J connectivity index is 0.00000320. The van der Waals surface area contributed by atoms with Gasteiger partial charge in [-0.1, -0.05) is 25.0 Å². The number of amides is 2. The number of carbonyl (C=O) groups excluding carboxylic acids is 2. The minimum absolute atomic E-state index is 0. The van der Waals surface area contributed by atoms with E-state index >= 15 is 0 Å². The van der Waals surface area contributed by atoms with Gasteiger partial charge in [0.25, 0.3) is 0 Å². The summed E-state index contributed by atoms with van der Waals surface area (Å²) in [6.07, 6.45) is 6.78. The lowest BCUT2D eigenvalue weighted by molar-refractivity contribution is -0.120. The van der Waals surface area contributed by atoms with Crippen LogP contribution in [0.2, 0.25) is 0 Å². The Morgan fingerprint density at radius 2 is 1.97 bits per heavy atom. The Bertz CT molecular complexity index is 749. The average Bonchev–Trinajstić information content (AvgIpc) is 3.24. The van der Waals surface area contributed by atoms with Crippen molar-refractivity contribution in [1.29, 1.82) is 0 Å². The molecular formula is C22H34IN5O2. The standard InChI is InChI=1S/C22H33N5O2.HI/c1-24-22(27-11-5-7-17(15-27)13-20(23)28)25-14-16-6-4-10-19(12-16)26-21(29)18-8-2-3-9-18;/h4,6,10,12,17-18H,2-3,5,7-9,11,13-15H2,1H3,(H2,23,28)(H,24,25)(H,26,29);1H. The number of nitrogens with one attached hydrogen (secondary N) is 2. The monoisotopic (exact) mass is 527 g/mol. The van der Waals surface area contributed by atoms with Gasteiger partial charge in [0.05, 0.1) is 0 Å². The van der Waals surface area contributed by atoms with Crippen LogP contribution in [0.25, 0.3) is 0 Å². The molecular weight excluding hydrogens is 493 g/mol. The van der Waals surface area contributed by atoms with Crippen LogP contribution in [0.4, 0.5) is 5.69 Å². The first-order valence-electron chi connectivity index (χ1n) is 10.7. The number of rotatable bonds is 6. The number of anilines is 1. The summed E-state index contributed by atoms with van der Waals surface area (Å²) >= 11 is 0. The highest BCUT2D eigenvalue weighted by Crippen LogP contribution is 2.26. The number of carbonyl (C=O) groups is 2. The van der Waals surface area contributed by atoms with Crippen LogP contribution < -0.4 is 16.4 Å². The quantitative estimate of drug-likeness (QED) is 0.301. The number of nitrogens with zero attached hydrogens (tertiary/aromatic N) is 2. The molecule has 0 bridgehead atoms. The van der Waals surface area contributed by atoms with Crippen LogP contribution in [0.3, 0.4) is 0 Å². The van der Waals surface area contributed by atoms with E-state index in [-0.39, 0.29) is 47.6 Å². The maximum absolute atomic E-state index is 12.4. The van der Waals surface area contributed by atoms with E-state index in [0.717, 1.165) is 68.8 Å². The Morgan fingerprint density at radius 1 is 1.20 bits per heavy atom. The highest BCUT2D eigenvalue weighted by atomic mass is 127. The number of piperidine rings is 1. The minimum Gasteiger partial charge on any atom is -0.370 e. The van der Waals surface area contributed by atoms with Gasteiger partial charge < -0.3 is 21.3 Å². The summed E-state index contributed by atoms with van der Waals surface area (Å²) in [5.41, 5.74) is 7.29. The van der Waals surface area contributed by atoms with Gasteiger partial charge in [0.2, 0.25) is 11.8 Å². The summed E-state index contributed by atoms with van der Waals surface area (Å²) in [5, 5.41) is 6.47. The number of guanidine groups is 1. The molecule has 1 saturated heterocycles. The zero-order valence-corrected chi connectivity index (χ0v) is 20.1. The number of aliphatic imine (C=N–C) groups is 1. The molecule has 0 aromatic heterocycles. The van der Waals surface area contributed by atoms with Gasteiger partial charge in [0, 0.05) is 44.7 Å². The van der Waals surface area contributed by atoms with E-state index in [4.69, 9.17) is 5.73 Å². The van der Waals surface area contributed by atoms with Crippen LogP contribution in [0.1, 0.15) is 50.5 Å². The fraction of sp³-hybridized carbons (Fsp3) is 0.591. The second kappa shape index (κ2) is 12.1. The van der Waals surface area contributed by atoms with Crippen molar-refractivity contribution < 1.29 is 9.59 Å². The van der Waals surface area contributed by atoms with Crippen molar-refractivity contribution in [3.8, 4) is 0 Å². The molecule has 2 amide bonds. The largest absolute Gasteiger partial charge is 0.370 e. The maximum atomic E-state index is 12.4. The van der Waals surface area contributed by atoms with Crippen molar-refractivity contribution in [2.75, 3.05) is 25.5 Å². The first-order valence-corrected chi connectivity index (χ1v) is 10.7. The molecule has 7 nitrogen and oxygen atoms in total. The fourth-order valence-corrected chi connectivity index (χ4v) is 4.41. The normalized spacial score (nSPS) is 19.8. The Kier molecular flexibility index (Phi) is 9.87. The molecule has 30 heavy (non-hydrogen) atoms. The van der Waals surface area contributed by atoms with Crippen molar-refractivity contribution in [2.24, 2.45) is 22.6 Å². The van der Waals surface area contributed by atoms with Crippen LogP contribution in [0, 0.1) is 11.8 Å². The molecule has 0 radical (unpaired) electrons. The zero-order valence-electron chi connectivity index (χ0n) is 17.7. The summed E-state index contributed by atoms with van der Waals surface area (Å²) in [6.45, 7) is 2.34. The van der Waals surface area contributed by atoms with Crippen LogP contribution >= 0.6 is 24.0 Å². The van der Waals surface area contributed by atoms with E-state index in [1.165, 1.54) is 0 Å². The summed E-state index contributed by atoms with van der Waals surface area (Å²) in [7, 11) is 1.78. The third-order valence-corrected chi connectivity index (χ3v) is 5.89. The van der Waals surface area contributed by atoms with Crippen molar-refractivity contribution in [3.05, 3.63) is 29.8 Å². The van der Waals surface area contributed by atoms with E-state index in [9.17, 15) is 9.59 Å². The summed E-state index contributed by atoms with van der Waals surface area (Å²) in [6, 6.07) is 7.95. The topological polar surface area (TPSA) is 99.8 Å². The number of primary amides is 1. The third-order valence-electron chi connectivity index (χ3n) is 5.89. The number of benzene rings is 1. The molecule has 1 saturated carbocycles. The van der Waals surface area contributed by atoms with Gasteiger partial charge in [-0.15, -0.1) is 24.0 Å². The van der Waals surface area contributed by atoms with Crippen molar-refractivity contribution >= 4 is 47.4 Å². The molecule has 166 valence electrons. The first kappa shape index (κ1) is 24.4. The van der Waals surface area contributed by atoms with Gasteiger partial charge in [-0.25, -0.2) is 0 Å². The van der Waals surface area contributed by atoms with Gasteiger partial charge in [-0.2, -0.15) is 0 Å². The molecule has 1 aliphatic heterocycles. The van der Waals surface area contributed by atoms with Crippen LogP contribution in [0.15, 0.2) is 29.3 Å². The van der Waals surface area contributed by atoms with Crippen LogP contribution in [-0.2, 0) is 16.1 Å².